The van der Waals surface area contributed by atoms with E-state index < -0.39 is 0 Å². The number of H-pyrrole nitrogens is 1. The Bertz CT molecular complexity index is 993. The third-order valence-electron chi connectivity index (χ3n) is 3.83. The van der Waals surface area contributed by atoms with Crippen molar-refractivity contribution in [2.45, 2.75) is 17.5 Å². The number of hydrogen-bond donors (Lipinski definition) is 2. The van der Waals surface area contributed by atoms with Gasteiger partial charge in [-0.05, 0) is 29.1 Å². The first-order chi connectivity index (χ1) is 13.3. The number of benzene rings is 1. The number of nitrogens with zero attached hydrogens (tertiary/aromatic N) is 4. The van der Waals surface area contributed by atoms with Gasteiger partial charge in [0.15, 0.2) is 5.16 Å². The number of carbonyl (C=O) groups excluding carboxylic acids is 1. The van der Waals surface area contributed by atoms with Crippen molar-refractivity contribution in [3.63, 3.8) is 0 Å². The van der Waals surface area contributed by atoms with Crippen LogP contribution < -0.4 is 5.32 Å². The van der Waals surface area contributed by atoms with Crippen LogP contribution in [0.5, 0.6) is 0 Å². The highest BCUT2D eigenvalue weighted by Crippen LogP contribution is 2.19. The second-order valence-corrected chi connectivity index (χ2v) is 7.68. The molecule has 0 aliphatic heterocycles. The largest absolute Gasteiger partial charge is 0.307 e. The Labute approximate surface area is 163 Å². The van der Waals surface area contributed by atoms with E-state index in [9.17, 15) is 4.79 Å². The molecule has 0 aliphatic carbocycles. The number of nitrogens with one attached hydrogen (secondary N) is 2. The second kappa shape index (κ2) is 8.19. The van der Waals surface area contributed by atoms with Gasteiger partial charge in [-0.15, -0.1) is 11.3 Å². The van der Waals surface area contributed by atoms with Gasteiger partial charge in [-0.25, -0.2) is 9.67 Å². The van der Waals surface area contributed by atoms with Crippen molar-refractivity contribution in [3.8, 4) is 0 Å². The minimum absolute atomic E-state index is 0.155. The molecule has 136 valence electrons. The van der Waals surface area contributed by atoms with E-state index in [4.69, 9.17) is 0 Å². The van der Waals surface area contributed by atoms with Crippen molar-refractivity contribution in [1.82, 2.24) is 25.0 Å². The number of amides is 1. The van der Waals surface area contributed by atoms with Crippen LogP contribution in [0, 0.1) is 0 Å². The zero-order chi connectivity index (χ0) is 18.5. The SMILES string of the molecule is O=C(Nc1ccnn1Cc1cccs1)c1ccc(CSc2ncn[nH]2)cc1. The number of anilines is 1. The molecule has 2 N–H and O–H groups in total. The Morgan fingerprint density at radius 3 is 2.85 bits per heavy atom. The average Bonchev–Trinajstić information content (AvgIpc) is 3.45. The first-order valence-corrected chi connectivity index (χ1v) is 10.1. The minimum Gasteiger partial charge on any atom is -0.307 e. The summed E-state index contributed by atoms with van der Waals surface area (Å²) < 4.78 is 1.78. The zero-order valence-electron chi connectivity index (χ0n) is 14.2. The molecule has 27 heavy (non-hydrogen) atoms. The first-order valence-electron chi connectivity index (χ1n) is 8.20. The summed E-state index contributed by atoms with van der Waals surface area (Å²) in [6, 6.07) is 13.4. The Kier molecular flexibility index (Phi) is 5.31. The first kappa shape index (κ1) is 17.5. The van der Waals surface area contributed by atoms with Crippen LogP contribution >= 0.6 is 23.1 Å². The van der Waals surface area contributed by atoms with Crippen LogP contribution in [0.2, 0.25) is 0 Å². The van der Waals surface area contributed by atoms with Crippen molar-refractivity contribution in [2.24, 2.45) is 0 Å². The fourth-order valence-corrected chi connectivity index (χ4v) is 3.89. The molecule has 0 saturated heterocycles. The van der Waals surface area contributed by atoms with E-state index in [1.807, 2.05) is 41.8 Å². The van der Waals surface area contributed by atoms with Gasteiger partial charge in [0.1, 0.15) is 12.1 Å². The van der Waals surface area contributed by atoms with Gasteiger partial charge in [0, 0.05) is 22.3 Å². The smallest absolute Gasteiger partial charge is 0.256 e. The molecule has 1 amide bonds. The molecule has 0 saturated carbocycles. The molecule has 4 rings (SSSR count). The number of thiophene rings is 1. The Hall–Kier alpha value is -2.91. The van der Waals surface area contributed by atoms with E-state index in [1.165, 1.54) is 11.2 Å². The maximum Gasteiger partial charge on any atom is 0.256 e. The van der Waals surface area contributed by atoms with E-state index in [2.05, 4.69) is 25.6 Å². The summed E-state index contributed by atoms with van der Waals surface area (Å²) in [6.07, 6.45) is 3.17. The predicted molar refractivity (Wildman–Crippen MR) is 106 cm³/mol. The summed E-state index contributed by atoms with van der Waals surface area (Å²) in [5.74, 6) is 1.28. The van der Waals surface area contributed by atoms with Crippen molar-refractivity contribution in [1.29, 1.82) is 0 Å². The fraction of sp³-hybridized carbons (Fsp3) is 0.111. The molecule has 1 aromatic carbocycles. The quantitative estimate of drug-likeness (QED) is 0.466. The van der Waals surface area contributed by atoms with E-state index in [-0.39, 0.29) is 5.91 Å². The van der Waals surface area contributed by atoms with Crippen molar-refractivity contribution >= 4 is 34.8 Å². The Balaban J connectivity index is 1.38. The standard InChI is InChI=1S/C18H16N6OS2/c25-17(22-16-7-8-21-24(16)10-15-2-1-9-26-15)14-5-3-13(4-6-14)11-27-18-19-12-20-23-18/h1-9,12H,10-11H2,(H,22,25)(H,19,20,23). The predicted octanol–water partition coefficient (Wildman–Crippen LogP) is 3.66. The van der Waals surface area contributed by atoms with E-state index >= 15 is 0 Å². The molecule has 7 nitrogen and oxygen atoms in total. The molecule has 0 spiro atoms. The number of aromatic amines is 1. The lowest BCUT2D eigenvalue weighted by atomic mass is 10.1. The molecule has 0 fully saturated rings. The van der Waals surface area contributed by atoms with Gasteiger partial charge < -0.3 is 5.32 Å². The van der Waals surface area contributed by atoms with Gasteiger partial charge in [0.05, 0.1) is 12.7 Å². The van der Waals surface area contributed by atoms with Gasteiger partial charge in [-0.1, -0.05) is 30.0 Å². The van der Waals surface area contributed by atoms with Crippen molar-refractivity contribution in [2.75, 3.05) is 5.32 Å². The van der Waals surface area contributed by atoms with Gasteiger partial charge in [-0.3, -0.25) is 9.89 Å². The third-order valence-corrected chi connectivity index (χ3v) is 5.64. The van der Waals surface area contributed by atoms with Crippen LogP contribution in [0.1, 0.15) is 20.8 Å². The molecule has 0 aliphatic rings. The average molecular weight is 397 g/mol. The van der Waals surface area contributed by atoms with Crippen LogP contribution in [0.4, 0.5) is 5.82 Å². The highest BCUT2D eigenvalue weighted by Gasteiger charge is 2.10. The number of hydrogen-bond acceptors (Lipinski definition) is 6. The van der Waals surface area contributed by atoms with Gasteiger partial charge in [0.25, 0.3) is 5.91 Å². The topological polar surface area (TPSA) is 88.5 Å². The third kappa shape index (κ3) is 4.44. The lowest BCUT2D eigenvalue weighted by Gasteiger charge is -2.09. The van der Waals surface area contributed by atoms with Crippen LogP contribution in [0.3, 0.4) is 0 Å². The monoisotopic (exact) mass is 396 g/mol. The molecule has 3 aromatic heterocycles. The van der Waals surface area contributed by atoms with Crippen LogP contribution in [0.15, 0.2) is 65.5 Å². The lowest BCUT2D eigenvalue weighted by molar-refractivity contribution is 0.102. The summed E-state index contributed by atoms with van der Waals surface area (Å²) in [6.45, 7) is 0.637. The summed E-state index contributed by atoms with van der Waals surface area (Å²) in [5, 5.41) is 16.7. The van der Waals surface area contributed by atoms with Crippen LogP contribution in [-0.2, 0) is 12.3 Å². The maximum absolute atomic E-state index is 12.5. The maximum atomic E-state index is 12.5. The molecular weight excluding hydrogens is 380 g/mol. The number of carbonyl (C=O) groups is 1. The molecule has 0 atom stereocenters. The molecule has 0 unspecified atom stereocenters. The molecule has 4 aromatic rings. The Morgan fingerprint density at radius 1 is 1.22 bits per heavy atom. The second-order valence-electron chi connectivity index (χ2n) is 5.68. The van der Waals surface area contributed by atoms with Crippen molar-refractivity contribution in [3.05, 3.63) is 76.4 Å². The van der Waals surface area contributed by atoms with E-state index in [0.29, 0.717) is 17.9 Å². The highest BCUT2D eigenvalue weighted by molar-refractivity contribution is 7.98. The fourth-order valence-electron chi connectivity index (χ4n) is 2.47. The normalized spacial score (nSPS) is 10.8. The summed E-state index contributed by atoms with van der Waals surface area (Å²) in [5.41, 5.74) is 1.71. The van der Waals surface area contributed by atoms with Crippen LogP contribution in [0.25, 0.3) is 0 Å². The zero-order valence-corrected chi connectivity index (χ0v) is 15.8. The van der Waals surface area contributed by atoms with Crippen LogP contribution in [-0.4, -0.2) is 30.9 Å². The molecular formula is C18H16N6OS2. The lowest BCUT2D eigenvalue weighted by Crippen LogP contribution is -2.16. The van der Waals surface area contributed by atoms with Gasteiger partial charge >= 0.3 is 0 Å². The number of aromatic nitrogens is 5. The molecule has 0 radical (unpaired) electrons. The number of rotatable bonds is 7. The molecule has 3 heterocycles. The van der Waals surface area contributed by atoms with Crippen molar-refractivity contribution < 1.29 is 4.79 Å². The number of thioether (sulfide) groups is 1. The molecule has 9 heteroatoms. The van der Waals surface area contributed by atoms with E-state index in [1.54, 1.807) is 40.0 Å². The minimum atomic E-state index is -0.155. The summed E-state index contributed by atoms with van der Waals surface area (Å²) in [7, 11) is 0. The molecule has 0 bridgehead atoms. The highest BCUT2D eigenvalue weighted by atomic mass is 32.2. The van der Waals surface area contributed by atoms with Gasteiger partial charge in [0.2, 0.25) is 0 Å². The van der Waals surface area contributed by atoms with Gasteiger partial charge in [-0.2, -0.15) is 10.2 Å². The summed E-state index contributed by atoms with van der Waals surface area (Å²) in [4.78, 5) is 17.8. The van der Waals surface area contributed by atoms with E-state index in [0.717, 1.165) is 16.5 Å². The summed E-state index contributed by atoms with van der Waals surface area (Å²) >= 11 is 3.23. The Morgan fingerprint density at radius 2 is 2.11 bits per heavy atom.